The quantitative estimate of drug-likeness (QED) is 0.172. The molecule has 248 valence electrons. The average Bonchev–Trinajstić information content (AvgIpc) is 3.67. The minimum Gasteiger partial charge on any atom is -0.457 e. The summed E-state index contributed by atoms with van der Waals surface area (Å²) >= 11 is 0. The van der Waals surface area contributed by atoms with Crippen molar-refractivity contribution in [2.75, 3.05) is 0 Å². The molecule has 5 heteroatoms. The highest BCUT2D eigenvalue weighted by Gasteiger charge is 2.47. The Bertz CT molecular complexity index is 2850. The van der Waals surface area contributed by atoms with E-state index in [1.807, 2.05) is 6.20 Å². The monoisotopic (exact) mass is 662 g/mol. The Hall–Kier alpha value is -5.94. The second kappa shape index (κ2) is 10.8. The normalized spacial score (nSPS) is 13.7. The molecule has 9 aromatic rings. The first-order valence-electron chi connectivity index (χ1n) is 18.0. The van der Waals surface area contributed by atoms with Crippen LogP contribution in [-0.2, 0) is 5.41 Å². The van der Waals surface area contributed by atoms with Gasteiger partial charge in [-0.05, 0) is 72.2 Å². The Labute approximate surface area is 296 Å². The topological polar surface area (TPSA) is 44.3 Å². The third-order valence-corrected chi connectivity index (χ3v) is 11.5. The molecule has 1 aliphatic rings. The summed E-state index contributed by atoms with van der Waals surface area (Å²) in [6.45, 7) is 11.5. The first kappa shape index (κ1) is 29.9. The maximum Gasteiger partial charge on any atom is 0.146 e. The first-order valence-corrected chi connectivity index (χ1v) is 18.0. The van der Waals surface area contributed by atoms with Crippen LogP contribution in [0.3, 0.4) is 0 Å². The molecule has 0 N–H and O–H groups in total. The van der Waals surface area contributed by atoms with Gasteiger partial charge in [0.15, 0.2) is 0 Å². The molecule has 0 unspecified atom stereocenters. The highest BCUT2D eigenvalue weighted by atomic mass is 16.5. The number of para-hydroxylation sites is 2. The summed E-state index contributed by atoms with van der Waals surface area (Å²) in [6, 6.07) is 43.3. The minimum absolute atomic E-state index is 0.154. The zero-order valence-corrected chi connectivity index (χ0v) is 29.5. The second-order valence-corrected chi connectivity index (χ2v) is 14.7. The van der Waals surface area contributed by atoms with E-state index in [1.54, 1.807) is 0 Å². The molecular formula is C46H38N4O. The lowest BCUT2D eigenvalue weighted by Gasteiger charge is -2.46. The fourth-order valence-electron chi connectivity index (χ4n) is 9.54. The first-order chi connectivity index (χ1) is 24.9. The van der Waals surface area contributed by atoms with Crippen molar-refractivity contribution in [1.82, 2.24) is 18.9 Å². The molecule has 0 atom stereocenters. The van der Waals surface area contributed by atoms with Gasteiger partial charge in [-0.3, -0.25) is 8.97 Å². The highest BCUT2D eigenvalue weighted by molar-refractivity contribution is 6.13. The lowest BCUT2D eigenvalue weighted by atomic mass is 9.59. The number of hydrogen-bond donors (Lipinski definition) is 0. The smallest absolute Gasteiger partial charge is 0.146 e. The summed E-state index contributed by atoms with van der Waals surface area (Å²) in [5.74, 6) is 3.34. The predicted molar refractivity (Wildman–Crippen MR) is 209 cm³/mol. The molecule has 5 heterocycles. The van der Waals surface area contributed by atoms with Crippen LogP contribution in [0.15, 0.2) is 128 Å². The number of ether oxygens (including phenoxy) is 1. The van der Waals surface area contributed by atoms with Crippen molar-refractivity contribution in [2.45, 2.75) is 40.0 Å². The zero-order valence-electron chi connectivity index (χ0n) is 29.5. The van der Waals surface area contributed by atoms with Gasteiger partial charge in [-0.25, -0.2) is 9.97 Å². The van der Waals surface area contributed by atoms with Crippen LogP contribution in [0.4, 0.5) is 0 Å². The third-order valence-electron chi connectivity index (χ3n) is 11.5. The van der Waals surface area contributed by atoms with Crippen molar-refractivity contribution in [2.24, 2.45) is 11.8 Å². The van der Waals surface area contributed by atoms with Gasteiger partial charge in [-0.1, -0.05) is 100 Å². The standard InChI is InChI=1S/C46H38N4O/c1-27(2)46(28(3)4)38-17-11-16-36-35-23-21-32(26-41(35)50(43(36)38)45-39(46)18-12-24-47-45)51-31-20-22-33-34-15-9-10-19-40(34)49-42(30-13-7-6-8-14-30)29(5)48-44(49)37(33)25-31/h6-28H,1-5H3. The number of aryl methyl sites for hydroxylation is 1. The van der Waals surface area contributed by atoms with Crippen LogP contribution < -0.4 is 4.74 Å². The molecule has 0 spiro atoms. The van der Waals surface area contributed by atoms with E-state index in [2.05, 4.69) is 165 Å². The van der Waals surface area contributed by atoms with Gasteiger partial charge in [0.25, 0.3) is 0 Å². The van der Waals surface area contributed by atoms with Gasteiger partial charge in [-0.2, -0.15) is 0 Å². The van der Waals surface area contributed by atoms with Crippen LogP contribution in [0.2, 0.25) is 0 Å². The molecule has 4 aromatic heterocycles. The SMILES string of the molecule is Cc1nc2c3cc(Oc4ccc5c6cccc7c6n(c5c4)-c4ncccc4C7(C(C)C)C(C)C)ccc3c3ccccc3n2c1-c1ccccc1. The Morgan fingerprint density at radius 3 is 2.10 bits per heavy atom. The third kappa shape index (κ3) is 3.97. The van der Waals surface area contributed by atoms with Gasteiger partial charge in [-0.15, -0.1) is 0 Å². The Morgan fingerprint density at radius 2 is 1.29 bits per heavy atom. The summed E-state index contributed by atoms with van der Waals surface area (Å²) in [5.41, 5.74) is 10.2. The van der Waals surface area contributed by atoms with Crippen molar-refractivity contribution < 1.29 is 4.74 Å². The number of pyridine rings is 2. The largest absolute Gasteiger partial charge is 0.457 e. The van der Waals surface area contributed by atoms with Gasteiger partial charge in [0.05, 0.1) is 27.9 Å². The predicted octanol–water partition coefficient (Wildman–Crippen LogP) is 11.8. The second-order valence-electron chi connectivity index (χ2n) is 14.7. The van der Waals surface area contributed by atoms with Crippen LogP contribution in [0.1, 0.15) is 44.5 Å². The Kier molecular flexibility index (Phi) is 6.33. The maximum atomic E-state index is 6.76. The van der Waals surface area contributed by atoms with Crippen molar-refractivity contribution in [3.8, 4) is 28.6 Å². The summed E-state index contributed by atoms with van der Waals surface area (Å²) in [4.78, 5) is 10.2. The number of imidazole rings is 1. The maximum absolute atomic E-state index is 6.76. The number of aromatic nitrogens is 4. The van der Waals surface area contributed by atoms with Crippen LogP contribution in [0, 0.1) is 18.8 Å². The van der Waals surface area contributed by atoms with Crippen molar-refractivity contribution in [1.29, 1.82) is 0 Å². The fourth-order valence-corrected chi connectivity index (χ4v) is 9.54. The lowest BCUT2D eigenvalue weighted by molar-refractivity contribution is 0.271. The van der Waals surface area contributed by atoms with E-state index in [-0.39, 0.29) is 5.41 Å². The average molecular weight is 663 g/mol. The zero-order chi connectivity index (χ0) is 34.6. The lowest BCUT2D eigenvalue weighted by Crippen LogP contribution is -2.42. The van der Waals surface area contributed by atoms with E-state index in [1.165, 1.54) is 32.8 Å². The van der Waals surface area contributed by atoms with Crippen LogP contribution in [0.25, 0.3) is 66.2 Å². The molecule has 0 saturated carbocycles. The van der Waals surface area contributed by atoms with Crippen LogP contribution in [0.5, 0.6) is 11.5 Å². The summed E-state index contributed by atoms with van der Waals surface area (Å²) in [5, 5.41) is 5.85. The molecule has 1 aliphatic heterocycles. The molecule has 5 nitrogen and oxygen atoms in total. The van der Waals surface area contributed by atoms with Gasteiger partial charge in [0.2, 0.25) is 0 Å². The number of nitrogens with zero attached hydrogens (tertiary/aromatic N) is 4. The number of benzene rings is 5. The number of hydrogen-bond acceptors (Lipinski definition) is 3. The van der Waals surface area contributed by atoms with E-state index >= 15 is 0 Å². The highest BCUT2D eigenvalue weighted by Crippen LogP contribution is 2.54. The molecular weight excluding hydrogens is 625 g/mol. The molecule has 0 saturated heterocycles. The van der Waals surface area contributed by atoms with E-state index in [4.69, 9.17) is 14.7 Å². The van der Waals surface area contributed by atoms with Crippen molar-refractivity contribution in [3.63, 3.8) is 0 Å². The minimum atomic E-state index is -0.154. The van der Waals surface area contributed by atoms with Gasteiger partial charge in [0.1, 0.15) is 23.0 Å². The van der Waals surface area contributed by atoms with Gasteiger partial charge < -0.3 is 4.74 Å². The van der Waals surface area contributed by atoms with Gasteiger partial charge >= 0.3 is 0 Å². The fraction of sp³-hybridized carbons (Fsp3) is 0.174. The van der Waals surface area contributed by atoms with Crippen LogP contribution >= 0.6 is 0 Å². The summed E-state index contributed by atoms with van der Waals surface area (Å²) in [7, 11) is 0. The molecule has 10 rings (SSSR count). The van der Waals surface area contributed by atoms with Gasteiger partial charge in [0, 0.05) is 50.4 Å². The molecule has 0 amide bonds. The number of fused-ring (bicyclic) bond motifs is 11. The van der Waals surface area contributed by atoms with E-state index in [0.717, 1.165) is 61.7 Å². The van der Waals surface area contributed by atoms with E-state index in [0.29, 0.717) is 11.8 Å². The van der Waals surface area contributed by atoms with Crippen LogP contribution in [-0.4, -0.2) is 18.9 Å². The molecule has 0 fully saturated rings. The molecule has 5 aromatic carbocycles. The summed E-state index contributed by atoms with van der Waals surface area (Å²) < 4.78 is 11.4. The van der Waals surface area contributed by atoms with E-state index < -0.39 is 0 Å². The Morgan fingerprint density at radius 1 is 0.608 bits per heavy atom. The van der Waals surface area contributed by atoms with E-state index in [9.17, 15) is 0 Å². The summed E-state index contributed by atoms with van der Waals surface area (Å²) in [6.07, 6.45) is 1.93. The molecule has 0 aliphatic carbocycles. The van der Waals surface area contributed by atoms with Crippen molar-refractivity contribution >= 4 is 49.1 Å². The molecule has 51 heavy (non-hydrogen) atoms. The van der Waals surface area contributed by atoms with Crippen molar-refractivity contribution in [3.05, 3.63) is 144 Å². The molecule has 0 bridgehead atoms. The molecule has 0 radical (unpaired) electrons. The Balaban J connectivity index is 1.17. The number of rotatable bonds is 5.